The molecule has 0 amide bonds. The molecule has 0 aliphatic rings. The van der Waals surface area contributed by atoms with Gasteiger partial charge in [-0.15, -0.1) is 6.42 Å². The third-order valence-electron chi connectivity index (χ3n) is 5.40. The Morgan fingerprint density at radius 2 is 1.00 bits per heavy atom. The Morgan fingerprint density at radius 3 is 1.47 bits per heavy atom. The molecule has 32 heavy (non-hydrogen) atoms. The molecule has 0 aromatic rings. The van der Waals surface area contributed by atoms with Crippen LogP contribution in [0.4, 0.5) is 0 Å². The van der Waals surface area contributed by atoms with Crippen LogP contribution in [0.25, 0.3) is 0 Å². The summed E-state index contributed by atoms with van der Waals surface area (Å²) in [5.41, 5.74) is 0. The number of unbranched alkanes of at least 4 members (excludes halogenated alkanes) is 14. The number of hydrogen-bond acceptors (Lipinski definition) is 5. The Balaban J connectivity index is 3.14. The van der Waals surface area contributed by atoms with Crippen LogP contribution < -0.4 is 0 Å². The minimum atomic E-state index is -0.120. The normalized spacial score (nSPS) is 10.9. The molecule has 0 aromatic heterocycles. The molecule has 0 atom stereocenters. The SMILES string of the molecule is C#CCOCCOCCOCCOC(=O)CCCCCCCCCCCCCCCCC. The molecule has 0 spiro atoms. The molecule has 0 heterocycles. The summed E-state index contributed by atoms with van der Waals surface area (Å²) < 4.78 is 21.0. The number of carbonyl (C=O) groups is 1. The Morgan fingerprint density at radius 1 is 0.594 bits per heavy atom. The molecule has 188 valence electrons. The summed E-state index contributed by atoms with van der Waals surface area (Å²) in [7, 11) is 0. The maximum absolute atomic E-state index is 11.7. The van der Waals surface area contributed by atoms with Gasteiger partial charge in [0.25, 0.3) is 0 Å². The average molecular weight is 455 g/mol. The predicted molar refractivity (Wildman–Crippen MR) is 132 cm³/mol. The molecule has 0 bridgehead atoms. The van der Waals surface area contributed by atoms with E-state index in [0.717, 1.165) is 12.8 Å². The predicted octanol–water partition coefficient (Wildman–Crippen LogP) is 6.47. The number of hydrogen-bond donors (Lipinski definition) is 0. The number of rotatable bonds is 26. The lowest BCUT2D eigenvalue weighted by molar-refractivity contribution is -0.145. The van der Waals surface area contributed by atoms with E-state index in [-0.39, 0.29) is 5.97 Å². The van der Waals surface area contributed by atoms with E-state index in [4.69, 9.17) is 25.4 Å². The van der Waals surface area contributed by atoms with Gasteiger partial charge in [-0.25, -0.2) is 0 Å². The highest BCUT2D eigenvalue weighted by Gasteiger charge is 2.02. The van der Waals surface area contributed by atoms with Crippen molar-refractivity contribution in [3.8, 4) is 12.3 Å². The second-order valence-corrected chi connectivity index (χ2v) is 8.40. The van der Waals surface area contributed by atoms with Crippen molar-refractivity contribution in [1.82, 2.24) is 0 Å². The molecule has 0 aliphatic carbocycles. The average Bonchev–Trinajstić information content (AvgIpc) is 2.80. The molecule has 0 unspecified atom stereocenters. The van der Waals surface area contributed by atoms with Gasteiger partial charge in [0.15, 0.2) is 0 Å². The number of terminal acetylenes is 1. The molecule has 5 nitrogen and oxygen atoms in total. The standard InChI is InChI=1S/C27H50O5/c1-3-5-6-7-8-9-10-11-12-13-14-15-16-17-18-19-27(28)32-26-25-31-24-23-30-22-21-29-20-4-2/h2H,3,5-26H2,1H3. The van der Waals surface area contributed by atoms with Crippen molar-refractivity contribution >= 4 is 5.97 Å². The van der Waals surface area contributed by atoms with Gasteiger partial charge in [-0.3, -0.25) is 4.79 Å². The van der Waals surface area contributed by atoms with E-state index in [1.807, 2.05) is 0 Å². The molecule has 0 aromatic carbocycles. The molecule has 0 saturated carbocycles. The van der Waals surface area contributed by atoms with E-state index in [0.29, 0.717) is 52.7 Å². The fourth-order valence-electron chi connectivity index (χ4n) is 3.50. The minimum absolute atomic E-state index is 0.120. The quantitative estimate of drug-likeness (QED) is 0.0851. The number of ether oxygens (including phenoxy) is 4. The first-order valence-electron chi connectivity index (χ1n) is 13.1. The van der Waals surface area contributed by atoms with Gasteiger partial charge in [0.1, 0.15) is 13.2 Å². The number of esters is 1. The molecule has 0 radical (unpaired) electrons. The van der Waals surface area contributed by atoms with Gasteiger partial charge < -0.3 is 18.9 Å². The zero-order chi connectivity index (χ0) is 23.4. The smallest absolute Gasteiger partial charge is 0.305 e. The van der Waals surface area contributed by atoms with Crippen LogP contribution in [0.3, 0.4) is 0 Å². The Bertz CT molecular complexity index is 419. The topological polar surface area (TPSA) is 54.0 Å². The molecule has 0 aliphatic heterocycles. The van der Waals surface area contributed by atoms with Crippen LogP contribution in [0.2, 0.25) is 0 Å². The van der Waals surface area contributed by atoms with Gasteiger partial charge >= 0.3 is 5.97 Å². The van der Waals surface area contributed by atoms with E-state index in [9.17, 15) is 4.79 Å². The lowest BCUT2D eigenvalue weighted by Crippen LogP contribution is -2.13. The molecule has 0 rings (SSSR count). The monoisotopic (exact) mass is 454 g/mol. The lowest BCUT2D eigenvalue weighted by Gasteiger charge is -2.07. The van der Waals surface area contributed by atoms with E-state index in [1.54, 1.807) is 0 Å². The fourth-order valence-corrected chi connectivity index (χ4v) is 3.50. The second-order valence-electron chi connectivity index (χ2n) is 8.40. The Labute approximate surface area is 198 Å². The maximum atomic E-state index is 11.7. The highest BCUT2D eigenvalue weighted by atomic mass is 16.6. The van der Waals surface area contributed by atoms with Crippen molar-refractivity contribution in [3.05, 3.63) is 0 Å². The maximum Gasteiger partial charge on any atom is 0.305 e. The van der Waals surface area contributed by atoms with E-state index >= 15 is 0 Å². The Hall–Kier alpha value is -1.09. The van der Waals surface area contributed by atoms with Crippen LogP contribution in [0, 0.1) is 12.3 Å². The van der Waals surface area contributed by atoms with Crippen LogP contribution >= 0.6 is 0 Å². The lowest BCUT2D eigenvalue weighted by atomic mass is 10.0. The van der Waals surface area contributed by atoms with Crippen molar-refractivity contribution in [2.75, 3.05) is 46.2 Å². The molecule has 0 fully saturated rings. The van der Waals surface area contributed by atoms with Crippen molar-refractivity contribution in [1.29, 1.82) is 0 Å². The van der Waals surface area contributed by atoms with Crippen molar-refractivity contribution in [2.24, 2.45) is 0 Å². The van der Waals surface area contributed by atoms with Gasteiger partial charge in [-0.2, -0.15) is 0 Å². The fraction of sp³-hybridized carbons (Fsp3) is 0.889. The Kier molecular flexibility index (Phi) is 27.0. The largest absolute Gasteiger partial charge is 0.463 e. The van der Waals surface area contributed by atoms with Crippen LogP contribution in [-0.4, -0.2) is 52.2 Å². The summed E-state index contributed by atoms with van der Waals surface area (Å²) >= 11 is 0. The summed E-state index contributed by atoms with van der Waals surface area (Å²) in [5.74, 6) is 2.28. The molecular formula is C27H50O5. The first-order chi connectivity index (χ1) is 15.8. The summed E-state index contributed by atoms with van der Waals surface area (Å²) in [5, 5.41) is 0. The van der Waals surface area contributed by atoms with E-state index in [2.05, 4.69) is 12.8 Å². The number of carbonyl (C=O) groups excluding carboxylic acids is 1. The van der Waals surface area contributed by atoms with Gasteiger partial charge in [-0.1, -0.05) is 103 Å². The summed E-state index contributed by atoms with van der Waals surface area (Å²) in [4.78, 5) is 11.7. The van der Waals surface area contributed by atoms with Gasteiger partial charge in [0.05, 0.1) is 33.0 Å². The highest BCUT2D eigenvalue weighted by molar-refractivity contribution is 5.69. The summed E-state index contributed by atoms with van der Waals surface area (Å²) in [6.45, 7) is 5.25. The zero-order valence-corrected chi connectivity index (χ0v) is 20.9. The molecule has 0 saturated heterocycles. The van der Waals surface area contributed by atoms with Gasteiger partial charge in [0.2, 0.25) is 0 Å². The van der Waals surface area contributed by atoms with Gasteiger partial charge in [-0.05, 0) is 6.42 Å². The van der Waals surface area contributed by atoms with Crippen LogP contribution in [0.1, 0.15) is 110 Å². The molecule has 0 N–H and O–H groups in total. The first kappa shape index (κ1) is 30.9. The third-order valence-corrected chi connectivity index (χ3v) is 5.40. The van der Waals surface area contributed by atoms with Gasteiger partial charge in [0, 0.05) is 6.42 Å². The van der Waals surface area contributed by atoms with Crippen molar-refractivity contribution in [2.45, 2.75) is 110 Å². The third kappa shape index (κ3) is 26.9. The molecule has 5 heteroatoms. The van der Waals surface area contributed by atoms with E-state index < -0.39 is 0 Å². The first-order valence-corrected chi connectivity index (χ1v) is 13.1. The van der Waals surface area contributed by atoms with Crippen LogP contribution in [0.5, 0.6) is 0 Å². The molecular weight excluding hydrogens is 404 g/mol. The van der Waals surface area contributed by atoms with Crippen LogP contribution in [-0.2, 0) is 23.7 Å². The van der Waals surface area contributed by atoms with Crippen molar-refractivity contribution < 1.29 is 23.7 Å². The summed E-state index contributed by atoms with van der Waals surface area (Å²) in [6, 6.07) is 0. The minimum Gasteiger partial charge on any atom is -0.463 e. The van der Waals surface area contributed by atoms with Crippen molar-refractivity contribution in [3.63, 3.8) is 0 Å². The van der Waals surface area contributed by atoms with E-state index in [1.165, 1.54) is 83.5 Å². The zero-order valence-electron chi connectivity index (χ0n) is 20.9. The highest BCUT2D eigenvalue weighted by Crippen LogP contribution is 2.13. The second kappa shape index (κ2) is 27.9. The summed E-state index contributed by atoms with van der Waals surface area (Å²) in [6.07, 6.45) is 25.5. The van der Waals surface area contributed by atoms with Crippen LogP contribution in [0.15, 0.2) is 0 Å².